The van der Waals surface area contributed by atoms with E-state index in [2.05, 4.69) is 5.32 Å². The Hall–Kier alpha value is -2.10. The average Bonchev–Trinajstić information content (AvgIpc) is 2.66. The van der Waals surface area contributed by atoms with Crippen molar-refractivity contribution in [3.05, 3.63) is 35.9 Å². The number of ether oxygens (including phenoxy) is 2. The van der Waals surface area contributed by atoms with Gasteiger partial charge in [-0.15, -0.1) is 11.8 Å². The van der Waals surface area contributed by atoms with Crippen molar-refractivity contribution < 1.29 is 29.0 Å². The van der Waals surface area contributed by atoms with Crippen LogP contribution in [0.15, 0.2) is 30.3 Å². The molecule has 1 aromatic carbocycles. The van der Waals surface area contributed by atoms with Gasteiger partial charge < -0.3 is 24.8 Å². The molecule has 27 heavy (non-hydrogen) atoms. The Kier molecular flexibility index (Phi) is 5.45. The Morgan fingerprint density at radius 1 is 1.33 bits per heavy atom. The summed E-state index contributed by atoms with van der Waals surface area (Å²) >= 11 is 1.28. The van der Waals surface area contributed by atoms with Crippen molar-refractivity contribution in [1.82, 2.24) is 10.2 Å². The summed E-state index contributed by atoms with van der Waals surface area (Å²) in [6.07, 6.45) is 0.124. The molecule has 2 aliphatic rings. The second-order valence-corrected chi connectivity index (χ2v) is 7.83. The van der Waals surface area contributed by atoms with Gasteiger partial charge in [-0.05, 0) is 5.56 Å². The summed E-state index contributed by atoms with van der Waals surface area (Å²) in [5, 5.41) is 11.8. The lowest BCUT2D eigenvalue weighted by Crippen LogP contribution is -2.82. The maximum absolute atomic E-state index is 12.8. The first-order valence-electron chi connectivity index (χ1n) is 8.43. The lowest BCUT2D eigenvalue weighted by Gasteiger charge is -2.58. The third-order valence-electron chi connectivity index (χ3n) is 4.93. The fraction of sp³-hybridized carbons (Fsp3) is 0.500. The van der Waals surface area contributed by atoms with Gasteiger partial charge in [0.25, 0.3) is 11.6 Å². The zero-order valence-electron chi connectivity index (χ0n) is 15.1. The molecule has 0 aliphatic carbocycles. The van der Waals surface area contributed by atoms with Crippen LogP contribution in [0, 0.1) is 5.41 Å². The molecule has 8 nitrogen and oxygen atoms in total. The number of benzene rings is 1. The number of nitrogens with one attached hydrogen (secondary N) is 1. The van der Waals surface area contributed by atoms with E-state index in [1.165, 1.54) is 30.9 Å². The number of rotatable bonds is 7. The first-order valence-corrected chi connectivity index (χ1v) is 9.48. The van der Waals surface area contributed by atoms with Crippen LogP contribution in [0.2, 0.25) is 0 Å². The zero-order valence-corrected chi connectivity index (χ0v) is 16.0. The minimum Gasteiger partial charge on any atom is -0.481 e. The lowest BCUT2D eigenvalue weighted by molar-refractivity contribution is -0.202. The van der Waals surface area contributed by atoms with Crippen molar-refractivity contribution in [2.24, 2.45) is 5.41 Å². The van der Waals surface area contributed by atoms with E-state index in [-0.39, 0.29) is 31.2 Å². The highest BCUT2D eigenvalue weighted by molar-refractivity contribution is 8.00. The first-order chi connectivity index (χ1) is 12.9. The fourth-order valence-electron chi connectivity index (χ4n) is 3.49. The predicted octanol–water partition coefficient (Wildman–Crippen LogP) is 0.321. The van der Waals surface area contributed by atoms with E-state index < -0.39 is 28.4 Å². The second-order valence-electron chi connectivity index (χ2n) is 6.77. The van der Waals surface area contributed by atoms with Crippen molar-refractivity contribution >= 4 is 29.5 Å². The molecule has 0 aromatic heterocycles. The van der Waals surface area contributed by atoms with Crippen molar-refractivity contribution in [3.8, 4) is 0 Å². The number of hydrogen-bond acceptors (Lipinski definition) is 6. The van der Waals surface area contributed by atoms with Crippen molar-refractivity contribution in [2.75, 3.05) is 33.1 Å². The molecule has 3 atom stereocenters. The lowest BCUT2D eigenvalue weighted by atomic mass is 9.87. The molecule has 0 spiro atoms. The Morgan fingerprint density at radius 3 is 2.63 bits per heavy atom. The molecule has 0 bridgehead atoms. The van der Waals surface area contributed by atoms with Gasteiger partial charge in [-0.25, -0.2) is 0 Å². The van der Waals surface area contributed by atoms with E-state index >= 15 is 0 Å². The van der Waals surface area contributed by atoms with Gasteiger partial charge in [0.2, 0.25) is 5.91 Å². The van der Waals surface area contributed by atoms with E-state index in [4.69, 9.17) is 9.47 Å². The summed E-state index contributed by atoms with van der Waals surface area (Å²) in [6.45, 7) is 0.0263. The van der Waals surface area contributed by atoms with E-state index in [1.807, 2.05) is 30.3 Å². The van der Waals surface area contributed by atoms with E-state index in [0.29, 0.717) is 0 Å². The van der Waals surface area contributed by atoms with Crippen molar-refractivity contribution in [2.45, 2.75) is 17.5 Å². The summed E-state index contributed by atoms with van der Waals surface area (Å²) in [5.74, 6) is -1.52. The Labute approximate surface area is 161 Å². The smallest absolute Gasteiger partial charge is 0.314 e. The molecule has 2 saturated heterocycles. The summed E-state index contributed by atoms with van der Waals surface area (Å²) in [5.41, 5.74) is -1.81. The molecular formula is C18H22N2O6S. The number of carboxylic acids is 1. The van der Waals surface area contributed by atoms with Crippen LogP contribution in [-0.4, -0.2) is 72.0 Å². The van der Waals surface area contributed by atoms with Crippen molar-refractivity contribution in [3.63, 3.8) is 0 Å². The number of β-lactam (4-membered cyclic amide) rings is 1. The van der Waals surface area contributed by atoms with Gasteiger partial charge >= 0.3 is 5.97 Å². The molecule has 1 aromatic rings. The van der Waals surface area contributed by atoms with Crippen LogP contribution in [0.5, 0.6) is 0 Å². The van der Waals surface area contributed by atoms with E-state index in [9.17, 15) is 19.5 Å². The molecule has 0 saturated carbocycles. The maximum Gasteiger partial charge on any atom is 0.314 e. The number of carbonyl (C=O) groups is 3. The van der Waals surface area contributed by atoms with Gasteiger partial charge in [-0.2, -0.15) is 0 Å². The minimum absolute atomic E-state index is 0.00613. The van der Waals surface area contributed by atoms with Crippen LogP contribution in [0.4, 0.5) is 0 Å². The summed E-state index contributed by atoms with van der Waals surface area (Å²) in [4.78, 5) is 38.4. The number of hydrogen-bond donors (Lipinski definition) is 2. The molecule has 2 unspecified atom stereocenters. The number of thioether (sulfide) groups is 1. The molecule has 2 amide bonds. The molecular weight excluding hydrogens is 372 g/mol. The number of methoxy groups -OCH3 is 2. The molecule has 2 N–H and O–H groups in total. The first kappa shape index (κ1) is 19.7. The third kappa shape index (κ3) is 3.30. The largest absolute Gasteiger partial charge is 0.481 e. The second kappa shape index (κ2) is 7.49. The monoisotopic (exact) mass is 394 g/mol. The van der Waals surface area contributed by atoms with Gasteiger partial charge in [0.15, 0.2) is 0 Å². The topological polar surface area (TPSA) is 105 Å². The van der Waals surface area contributed by atoms with Crippen LogP contribution < -0.4 is 5.32 Å². The number of amides is 2. The molecule has 9 heteroatoms. The fourth-order valence-corrected chi connectivity index (χ4v) is 5.11. The van der Waals surface area contributed by atoms with Gasteiger partial charge in [0.1, 0.15) is 10.8 Å². The highest BCUT2D eigenvalue weighted by Crippen LogP contribution is 2.47. The zero-order chi connectivity index (χ0) is 19.7. The Morgan fingerprint density at radius 2 is 2.04 bits per heavy atom. The van der Waals surface area contributed by atoms with Gasteiger partial charge in [0.05, 0.1) is 13.0 Å². The van der Waals surface area contributed by atoms with Gasteiger partial charge in [0, 0.05) is 26.5 Å². The highest BCUT2D eigenvalue weighted by atomic mass is 32.2. The van der Waals surface area contributed by atoms with Crippen LogP contribution in [-0.2, 0) is 30.3 Å². The quantitative estimate of drug-likeness (QED) is 0.507. The molecule has 0 radical (unpaired) electrons. The average molecular weight is 394 g/mol. The third-order valence-corrected chi connectivity index (χ3v) is 6.55. The predicted molar refractivity (Wildman–Crippen MR) is 97.9 cm³/mol. The Balaban J connectivity index is 1.72. The van der Waals surface area contributed by atoms with Crippen LogP contribution in [0.25, 0.3) is 0 Å². The number of carboxylic acid groups (broad SMARTS) is 1. The molecule has 2 aliphatic heterocycles. The highest BCUT2D eigenvalue weighted by Gasteiger charge is 2.67. The molecule has 3 rings (SSSR count). The van der Waals surface area contributed by atoms with Gasteiger partial charge in [-0.1, -0.05) is 30.3 Å². The molecule has 2 heterocycles. The van der Waals surface area contributed by atoms with Crippen molar-refractivity contribution in [1.29, 1.82) is 0 Å². The summed E-state index contributed by atoms with van der Waals surface area (Å²) in [6, 6.07) is 9.19. The summed E-state index contributed by atoms with van der Waals surface area (Å²) < 4.78 is 10.5. The van der Waals surface area contributed by atoms with Crippen LogP contribution in [0.3, 0.4) is 0 Å². The SMILES string of the molecule is COCC1(C(=O)O)CS[C@H]2N(C1)C(=O)C2(NC(=O)Cc1ccccc1)OC. The van der Waals surface area contributed by atoms with Crippen LogP contribution >= 0.6 is 11.8 Å². The molecule has 2 fully saturated rings. The van der Waals surface area contributed by atoms with Gasteiger partial charge in [-0.3, -0.25) is 14.4 Å². The van der Waals surface area contributed by atoms with E-state index in [1.54, 1.807) is 0 Å². The number of fused-ring (bicyclic) bond motifs is 1. The minimum atomic E-state index is -1.46. The normalized spacial score (nSPS) is 29.6. The van der Waals surface area contributed by atoms with E-state index in [0.717, 1.165) is 5.56 Å². The standard InChI is InChI=1S/C18H22N2O6S/c1-25-10-17(16(23)24)9-20-14(22)18(26-2,15(20)27-11-17)19-13(21)8-12-6-4-3-5-7-12/h3-7,15H,8-11H2,1-2H3,(H,19,21)(H,23,24)/t15-,17?,18?/m1/s1. The number of nitrogens with zero attached hydrogens (tertiary/aromatic N) is 1. The number of aliphatic carboxylic acids is 1. The maximum atomic E-state index is 12.8. The summed E-state index contributed by atoms with van der Waals surface area (Å²) in [7, 11) is 2.80. The number of carbonyl (C=O) groups excluding carboxylic acids is 2. The van der Waals surface area contributed by atoms with Crippen LogP contribution in [0.1, 0.15) is 5.56 Å². The Bertz CT molecular complexity index is 745. The molecule has 146 valence electrons.